The van der Waals surface area contributed by atoms with E-state index >= 15 is 0 Å². The van der Waals surface area contributed by atoms with Gasteiger partial charge in [0.1, 0.15) is 0 Å². The molecule has 0 aromatic heterocycles. The van der Waals surface area contributed by atoms with Crippen LogP contribution in [0.3, 0.4) is 0 Å². The van der Waals surface area contributed by atoms with Crippen molar-refractivity contribution in [2.45, 2.75) is 17.0 Å². The molecule has 0 heterocycles. The fourth-order valence-electron chi connectivity index (χ4n) is 0.356. The molecule has 0 bridgehead atoms. The van der Waals surface area contributed by atoms with Crippen LogP contribution in [0.2, 0.25) is 0 Å². The van der Waals surface area contributed by atoms with Gasteiger partial charge in [-0.05, 0) is 0 Å². The molecule has 0 rings (SSSR count). The highest BCUT2D eigenvalue weighted by atomic mass is 35.6. The van der Waals surface area contributed by atoms with Gasteiger partial charge in [-0.15, -0.1) is 0 Å². The Morgan fingerprint density at radius 2 is 0.857 bits per heavy atom. The molecule has 0 fully saturated rings. The first kappa shape index (κ1) is 16.5. The molecule has 0 spiro atoms. The van der Waals surface area contributed by atoms with E-state index in [2.05, 4.69) is 0 Å². The third kappa shape index (κ3) is 3.05. The average molecular weight is 386 g/mol. The number of hydrogen-bond donors (Lipinski definition) is 0. The molecule has 0 aliphatic rings. The topological polar surface area (TPSA) is 0 Å². The van der Waals surface area contributed by atoms with Gasteiger partial charge < -0.3 is 0 Å². The molecule has 0 saturated heterocycles. The summed E-state index contributed by atoms with van der Waals surface area (Å²) in [7, 11) is 0. The van der Waals surface area contributed by atoms with Crippen LogP contribution >= 0.6 is 104 Å². The maximum Gasteiger partial charge on any atom is 0.293 e. The highest BCUT2D eigenvalue weighted by molar-refractivity contribution is 6.80. The fourth-order valence-corrected chi connectivity index (χ4v) is 2.09. The van der Waals surface area contributed by atoms with Crippen LogP contribution in [0.4, 0.5) is 4.39 Å². The summed E-state index contributed by atoms with van der Waals surface area (Å²) in [6.07, 6.45) is 0. The summed E-state index contributed by atoms with van der Waals surface area (Å²) >= 11 is 47.8. The van der Waals surface area contributed by atoms with Crippen molar-refractivity contribution in [1.82, 2.24) is 0 Å². The molecule has 0 saturated carbocycles. The van der Waals surface area contributed by atoms with E-state index in [1.54, 1.807) is 0 Å². The van der Waals surface area contributed by atoms with Crippen LogP contribution < -0.4 is 0 Å². The molecule has 86 valence electrons. The van der Waals surface area contributed by atoms with E-state index in [0.717, 1.165) is 0 Å². The first-order chi connectivity index (χ1) is 5.75. The fraction of sp³-hybridized carbons (Fsp3) is 1.00. The lowest BCUT2D eigenvalue weighted by Gasteiger charge is -2.40. The van der Waals surface area contributed by atoms with Crippen molar-refractivity contribution in [2.24, 2.45) is 0 Å². The first-order valence-electron chi connectivity index (χ1n) is 2.64. The van der Waals surface area contributed by atoms with E-state index < -0.39 is 17.0 Å². The van der Waals surface area contributed by atoms with Gasteiger partial charge in [0.05, 0.1) is 0 Å². The quantitative estimate of drug-likeness (QED) is 0.526. The number of halogens is 10. The molecule has 0 aromatic carbocycles. The van der Waals surface area contributed by atoms with Crippen molar-refractivity contribution >= 4 is 104 Å². The van der Waals surface area contributed by atoms with E-state index in [1.807, 2.05) is 0 Å². The van der Waals surface area contributed by atoms with Crippen molar-refractivity contribution in [2.75, 3.05) is 0 Å². The predicted molar refractivity (Wildman–Crippen MR) is 64.7 cm³/mol. The van der Waals surface area contributed by atoms with Crippen LogP contribution in [0.1, 0.15) is 0 Å². The Labute approximate surface area is 125 Å². The van der Waals surface area contributed by atoms with Gasteiger partial charge in [-0.25, -0.2) is 4.39 Å². The Bertz CT molecular complexity index is 186. The summed E-state index contributed by atoms with van der Waals surface area (Å²) in [4.78, 5) is 0. The Morgan fingerprint density at radius 1 is 0.571 bits per heavy atom. The highest BCUT2D eigenvalue weighted by Gasteiger charge is 2.69. The van der Waals surface area contributed by atoms with E-state index in [9.17, 15) is 4.39 Å². The van der Waals surface area contributed by atoms with Gasteiger partial charge in [0, 0.05) is 0 Å². The average Bonchev–Trinajstić information content (AvgIpc) is 1.81. The summed E-state index contributed by atoms with van der Waals surface area (Å²) in [6, 6.07) is 0. The van der Waals surface area contributed by atoms with Gasteiger partial charge in [-0.3, -0.25) is 0 Å². The van der Waals surface area contributed by atoms with Crippen LogP contribution in [0, 0.1) is 0 Å². The molecular formula is C4Cl9F. The van der Waals surface area contributed by atoms with Gasteiger partial charge >= 0.3 is 0 Å². The van der Waals surface area contributed by atoms with E-state index in [1.165, 1.54) is 0 Å². The number of hydrogen-bond acceptors (Lipinski definition) is 0. The van der Waals surface area contributed by atoms with Crippen molar-refractivity contribution in [1.29, 1.82) is 0 Å². The van der Waals surface area contributed by atoms with Gasteiger partial charge in [0.2, 0.25) is 12.5 Å². The normalized spacial score (nSPS) is 15.9. The zero-order chi connectivity index (χ0) is 12.0. The minimum atomic E-state index is -3.20. The monoisotopic (exact) mass is 382 g/mol. The number of alkyl halides is 10. The third-order valence-corrected chi connectivity index (χ3v) is 6.10. The molecule has 0 aromatic rings. The molecule has 0 nitrogen and oxygen atoms in total. The van der Waals surface area contributed by atoms with Gasteiger partial charge in [-0.2, -0.15) is 0 Å². The smallest absolute Gasteiger partial charge is 0.204 e. The summed E-state index contributed by atoms with van der Waals surface area (Å²) in [5.74, 6) is 0. The Hall–Kier alpha value is 2.54. The Balaban J connectivity index is 5.30. The van der Waals surface area contributed by atoms with Crippen molar-refractivity contribution in [3.05, 3.63) is 0 Å². The minimum absolute atomic E-state index is 2.39. The maximum atomic E-state index is 13.1. The Morgan fingerprint density at radius 3 is 0.929 bits per heavy atom. The second kappa shape index (κ2) is 4.66. The van der Waals surface area contributed by atoms with E-state index in [4.69, 9.17) is 104 Å². The summed E-state index contributed by atoms with van der Waals surface area (Å²) in [5.41, 5.74) is 0. The van der Waals surface area contributed by atoms with Crippen LogP contribution in [0.15, 0.2) is 0 Å². The zero-order valence-corrected chi connectivity index (χ0v) is 12.6. The molecule has 14 heavy (non-hydrogen) atoms. The van der Waals surface area contributed by atoms with Crippen molar-refractivity contribution in [3.8, 4) is 0 Å². The molecule has 0 radical (unpaired) electrons. The molecule has 10 heteroatoms. The second-order valence-electron chi connectivity index (χ2n) is 2.14. The molecule has 0 aliphatic carbocycles. The predicted octanol–water partition coefficient (Wildman–Crippen LogP) is 5.81. The number of rotatable bonds is 2. The van der Waals surface area contributed by atoms with Gasteiger partial charge in [0.25, 0.3) is 4.59 Å². The SMILES string of the molecule is FC(Cl)(Cl)C(Cl)(Cl)C(Cl)(Cl)C(Cl)(Cl)Cl. The maximum absolute atomic E-state index is 13.1. The van der Waals surface area contributed by atoms with Crippen LogP contribution in [-0.2, 0) is 0 Å². The zero-order valence-electron chi connectivity index (χ0n) is 5.78. The van der Waals surface area contributed by atoms with Crippen LogP contribution in [-0.4, -0.2) is 17.0 Å². The standard InChI is InChI=1S/C4Cl9F/c5-1(6,3(9,10)11)2(7,8)4(12,13)14. The summed E-state index contributed by atoms with van der Waals surface area (Å²) in [6.45, 7) is 0. The van der Waals surface area contributed by atoms with E-state index in [-0.39, 0.29) is 0 Å². The largest absolute Gasteiger partial charge is 0.293 e. The molecule has 0 N–H and O–H groups in total. The molecule has 0 amide bonds. The lowest BCUT2D eigenvalue weighted by molar-refractivity contribution is 0.338. The second-order valence-corrected chi connectivity index (χ2v) is 8.32. The summed E-state index contributed by atoms with van der Waals surface area (Å²) in [5, 5.41) is 0. The van der Waals surface area contributed by atoms with Gasteiger partial charge in [0.15, 0.2) is 0 Å². The summed E-state index contributed by atoms with van der Waals surface area (Å²) < 4.78 is 2.23. The molecular weight excluding hydrogens is 386 g/mol. The third-order valence-electron chi connectivity index (χ3n) is 1.11. The highest BCUT2D eigenvalue weighted by Crippen LogP contribution is 2.62. The van der Waals surface area contributed by atoms with E-state index in [0.29, 0.717) is 0 Å². The van der Waals surface area contributed by atoms with Crippen LogP contribution in [0.25, 0.3) is 0 Å². The minimum Gasteiger partial charge on any atom is -0.204 e. The van der Waals surface area contributed by atoms with Crippen LogP contribution in [0.5, 0.6) is 0 Å². The lowest BCUT2D eigenvalue weighted by Crippen LogP contribution is -2.54. The van der Waals surface area contributed by atoms with Crippen molar-refractivity contribution < 1.29 is 4.39 Å². The first-order valence-corrected chi connectivity index (χ1v) is 6.04. The van der Waals surface area contributed by atoms with Crippen molar-refractivity contribution in [3.63, 3.8) is 0 Å². The lowest BCUT2D eigenvalue weighted by atomic mass is 10.3. The molecule has 0 aliphatic heterocycles. The van der Waals surface area contributed by atoms with Gasteiger partial charge in [-0.1, -0.05) is 104 Å². The molecule has 0 unspecified atom stereocenters. The molecule has 0 atom stereocenters. The Kier molecular flexibility index (Phi) is 5.51.